The van der Waals surface area contributed by atoms with Gasteiger partial charge in [-0.05, 0) is 18.6 Å². The van der Waals surface area contributed by atoms with Crippen LogP contribution in [0.5, 0.6) is 0 Å². The summed E-state index contributed by atoms with van der Waals surface area (Å²) in [5.74, 6) is -0.0314. The van der Waals surface area contributed by atoms with Crippen LogP contribution in [0, 0.1) is 0 Å². The van der Waals surface area contributed by atoms with E-state index in [2.05, 4.69) is 10.2 Å². The Morgan fingerprint density at radius 3 is 2.32 bits per heavy atom. The fraction of sp³-hybridized carbons (Fsp3) is 0.346. The van der Waals surface area contributed by atoms with Crippen molar-refractivity contribution in [3.8, 4) is 16.9 Å². The second-order valence-corrected chi connectivity index (χ2v) is 8.30. The lowest BCUT2D eigenvalue weighted by Gasteiger charge is -2.34. The number of para-hydroxylation sites is 1. The third-order valence-corrected chi connectivity index (χ3v) is 5.89. The molecule has 0 aliphatic carbocycles. The van der Waals surface area contributed by atoms with E-state index in [0.717, 1.165) is 17.7 Å². The molecule has 8 nitrogen and oxygen atoms in total. The predicted molar refractivity (Wildman–Crippen MR) is 131 cm³/mol. The zero-order valence-corrected chi connectivity index (χ0v) is 19.5. The Hall–Kier alpha value is -3.49. The number of piperazine rings is 1. The van der Waals surface area contributed by atoms with Crippen LogP contribution in [0.25, 0.3) is 16.9 Å². The Kier molecular flexibility index (Phi) is 8.06. The number of aromatic nitrogens is 2. The molecule has 1 aromatic heterocycles. The molecule has 4 rings (SSSR count). The largest absolute Gasteiger partial charge is 0.385 e. The van der Waals surface area contributed by atoms with Crippen LogP contribution >= 0.6 is 0 Å². The molecule has 0 bridgehead atoms. The molecule has 0 radical (unpaired) electrons. The van der Waals surface area contributed by atoms with E-state index in [-0.39, 0.29) is 11.8 Å². The van der Waals surface area contributed by atoms with Crippen molar-refractivity contribution in [2.24, 2.45) is 0 Å². The summed E-state index contributed by atoms with van der Waals surface area (Å²) in [5, 5.41) is 7.68. The maximum absolute atomic E-state index is 13.5. The van der Waals surface area contributed by atoms with Gasteiger partial charge in [-0.15, -0.1) is 0 Å². The SMILES string of the molecule is COCCCNC(=O)CN1CCN(C(=O)c2cn(-c3ccccc3)nc2-c2ccccc2)CC1. The van der Waals surface area contributed by atoms with Crippen LogP contribution in [0.4, 0.5) is 0 Å². The molecular formula is C26H31N5O3. The zero-order chi connectivity index (χ0) is 23.8. The molecule has 8 heteroatoms. The number of nitrogens with one attached hydrogen (secondary N) is 1. The van der Waals surface area contributed by atoms with Crippen LogP contribution < -0.4 is 5.32 Å². The van der Waals surface area contributed by atoms with Crippen molar-refractivity contribution in [2.75, 3.05) is 53.0 Å². The molecule has 1 saturated heterocycles. The van der Waals surface area contributed by atoms with E-state index in [1.54, 1.807) is 11.8 Å². The van der Waals surface area contributed by atoms with E-state index in [0.29, 0.717) is 57.1 Å². The van der Waals surface area contributed by atoms with Crippen LogP contribution in [0.15, 0.2) is 66.9 Å². The number of methoxy groups -OCH3 is 1. The molecule has 0 unspecified atom stereocenters. The van der Waals surface area contributed by atoms with Crippen LogP contribution in [0.1, 0.15) is 16.8 Å². The van der Waals surface area contributed by atoms with E-state index in [1.165, 1.54) is 0 Å². The van der Waals surface area contributed by atoms with Gasteiger partial charge in [0.15, 0.2) is 0 Å². The Balaban J connectivity index is 1.43. The van der Waals surface area contributed by atoms with Gasteiger partial charge in [0.2, 0.25) is 5.91 Å². The van der Waals surface area contributed by atoms with Crippen molar-refractivity contribution in [3.05, 3.63) is 72.4 Å². The molecule has 2 aromatic carbocycles. The number of hydrogen-bond donors (Lipinski definition) is 1. The van der Waals surface area contributed by atoms with Crippen molar-refractivity contribution in [1.82, 2.24) is 24.9 Å². The van der Waals surface area contributed by atoms with Crippen LogP contribution in [0.2, 0.25) is 0 Å². The number of carbonyl (C=O) groups is 2. The summed E-state index contributed by atoms with van der Waals surface area (Å²) in [6, 6.07) is 19.6. The molecule has 1 N–H and O–H groups in total. The summed E-state index contributed by atoms with van der Waals surface area (Å²) in [7, 11) is 1.65. The topological polar surface area (TPSA) is 79.7 Å². The van der Waals surface area contributed by atoms with Gasteiger partial charge in [0, 0.05) is 58.2 Å². The van der Waals surface area contributed by atoms with Gasteiger partial charge in [0.05, 0.1) is 17.8 Å². The van der Waals surface area contributed by atoms with E-state index in [1.807, 2.05) is 71.8 Å². The third-order valence-electron chi connectivity index (χ3n) is 5.89. The average molecular weight is 462 g/mol. The van der Waals surface area contributed by atoms with E-state index in [4.69, 9.17) is 9.84 Å². The van der Waals surface area contributed by atoms with E-state index < -0.39 is 0 Å². The number of benzene rings is 2. The minimum Gasteiger partial charge on any atom is -0.385 e. The van der Waals surface area contributed by atoms with E-state index in [9.17, 15) is 9.59 Å². The zero-order valence-electron chi connectivity index (χ0n) is 19.5. The Morgan fingerprint density at radius 1 is 0.971 bits per heavy atom. The quantitative estimate of drug-likeness (QED) is 0.495. The standard InChI is InChI=1S/C26H31N5O3/c1-34-18-8-13-27-24(32)20-29-14-16-30(17-15-29)26(33)23-19-31(22-11-6-3-7-12-22)28-25(23)21-9-4-2-5-10-21/h2-7,9-12,19H,8,13-18,20H2,1H3,(H,27,32). The number of rotatable bonds is 9. The summed E-state index contributed by atoms with van der Waals surface area (Å²) in [5.41, 5.74) is 3.07. The number of ether oxygens (including phenoxy) is 1. The Bertz CT molecular complexity index is 1080. The van der Waals surface area contributed by atoms with Gasteiger partial charge in [-0.2, -0.15) is 5.10 Å². The number of carbonyl (C=O) groups excluding carboxylic acids is 2. The first-order valence-electron chi connectivity index (χ1n) is 11.6. The highest BCUT2D eigenvalue weighted by molar-refractivity contribution is 6.00. The van der Waals surface area contributed by atoms with Gasteiger partial charge in [0.25, 0.3) is 5.91 Å². The lowest BCUT2D eigenvalue weighted by atomic mass is 10.1. The minimum atomic E-state index is -0.0373. The monoisotopic (exact) mass is 461 g/mol. The second-order valence-electron chi connectivity index (χ2n) is 8.30. The summed E-state index contributed by atoms with van der Waals surface area (Å²) in [4.78, 5) is 29.6. The second kappa shape index (κ2) is 11.6. The van der Waals surface area contributed by atoms with Gasteiger partial charge in [-0.3, -0.25) is 14.5 Å². The molecule has 2 heterocycles. The Labute approximate surface area is 200 Å². The van der Waals surface area contributed by atoms with Gasteiger partial charge < -0.3 is 15.0 Å². The third kappa shape index (κ3) is 5.89. The number of hydrogen-bond acceptors (Lipinski definition) is 5. The molecule has 34 heavy (non-hydrogen) atoms. The molecule has 3 aromatic rings. The lowest BCUT2D eigenvalue weighted by Crippen LogP contribution is -2.51. The van der Waals surface area contributed by atoms with Crippen LogP contribution in [-0.4, -0.2) is 84.4 Å². The summed E-state index contributed by atoms with van der Waals surface area (Å²) in [6.07, 6.45) is 2.62. The maximum atomic E-state index is 13.5. The fourth-order valence-corrected chi connectivity index (χ4v) is 4.04. The first-order valence-corrected chi connectivity index (χ1v) is 11.6. The fourth-order valence-electron chi connectivity index (χ4n) is 4.04. The van der Waals surface area contributed by atoms with Gasteiger partial charge in [-0.1, -0.05) is 48.5 Å². The van der Waals surface area contributed by atoms with Gasteiger partial charge >= 0.3 is 0 Å². The molecule has 1 aliphatic rings. The molecule has 1 fully saturated rings. The highest BCUT2D eigenvalue weighted by Gasteiger charge is 2.27. The van der Waals surface area contributed by atoms with Gasteiger partial charge in [-0.25, -0.2) is 4.68 Å². The lowest BCUT2D eigenvalue weighted by molar-refractivity contribution is -0.122. The molecule has 178 valence electrons. The van der Waals surface area contributed by atoms with Crippen LogP contribution in [-0.2, 0) is 9.53 Å². The Morgan fingerprint density at radius 2 is 1.65 bits per heavy atom. The molecule has 0 atom stereocenters. The molecule has 1 aliphatic heterocycles. The smallest absolute Gasteiger partial charge is 0.257 e. The first-order chi connectivity index (χ1) is 16.7. The molecule has 0 spiro atoms. The summed E-state index contributed by atoms with van der Waals surface area (Å²) >= 11 is 0. The predicted octanol–water partition coefficient (Wildman–Crippen LogP) is 2.45. The summed E-state index contributed by atoms with van der Waals surface area (Å²) in [6.45, 7) is 4.04. The van der Waals surface area contributed by atoms with Gasteiger partial charge in [0.1, 0.15) is 5.69 Å². The molecule has 0 saturated carbocycles. The number of nitrogens with zero attached hydrogens (tertiary/aromatic N) is 4. The van der Waals surface area contributed by atoms with Crippen molar-refractivity contribution in [3.63, 3.8) is 0 Å². The molecular weight excluding hydrogens is 430 g/mol. The molecule has 2 amide bonds. The maximum Gasteiger partial charge on any atom is 0.257 e. The van der Waals surface area contributed by atoms with Crippen molar-refractivity contribution in [1.29, 1.82) is 0 Å². The minimum absolute atomic E-state index is 0.00591. The van der Waals surface area contributed by atoms with E-state index >= 15 is 0 Å². The average Bonchev–Trinajstić information content (AvgIpc) is 3.33. The highest BCUT2D eigenvalue weighted by atomic mass is 16.5. The van der Waals surface area contributed by atoms with Crippen molar-refractivity contribution >= 4 is 11.8 Å². The normalized spacial score (nSPS) is 14.2. The van der Waals surface area contributed by atoms with Crippen molar-refractivity contribution < 1.29 is 14.3 Å². The summed E-state index contributed by atoms with van der Waals surface area (Å²) < 4.78 is 6.77. The van der Waals surface area contributed by atoms with Crippen LogP contribution in [0.3, 0.4) is 0 Å². The highest BCUT2D eigenvalue weighted by Crippen LogP contribution is 2.25. The number of amides is 2. The first kappa shape index (κ1) is 23.7. The van der Waals surface area contributed by atoms with Crippen molar-refractivity contribution in [2.45, 2.75) is 6.42 Å².